The monoisotopic (exact) mass is 879 g/mol. The number of aryl methyl sites for hydroxylation is 1. The highest BCUT2D eigenvalue weighted by Crippen LogP contribution is 2.14. The summed E-state index contributed by atoms with van der Waals surface area (Å²) in [6, 6.07) is 6.95. The Balaban J connectivity index is 1.90. The first-order chi connectivity index (χ1) is 30.1. The van der Waals surface area contributed by atoms with Crippen LogP contribution in [0.2, 0.25) is 0 Å². The van der Waals surface area contributed by atoms with Crippen molar-refractivity contribution >= 4 is 35.6 Å². The molecule has 0 aliphatic rings. The normalized spacial score (nSPS) is 11.5. The van der Waals surface area contributed by atoms with Crippen molar-refractivity contribution in [3.05, 3.63) is 35.4 Å². The van der Waals surface area contributed by atoms with Crippen molar-refractivity contribution in [1.29, 1.82) is 0 Å². The van der Waals surface area contributed by atoms with E-state index in [4.69, 9.17) is 24.1 Å². The fourth-order valence-electron chi connectivity index (χ4n) is 6.41. The van der Waals surface area contributed by atoms with Gasteiger partial charge in [0.2, 0.25) is 23.6 Å². The maximum absolute atomic E-state index is 12.3. The zero-order valence-corrected chi connectivity index (χ0v) is 37.5. The van der Waals surface area contributed by atoms with Crippen LogP contribution in [0.15, 0.2) is 24.3 Å². The summed E-state index contributed by atoms with van der Waals surface area (Å²) in [6.07, 6.45) is 19.3. The highest BCUT2D eigenvalue weighted by atomic mass is 16.5. The lowest BCUT2D eigenvalue weighted by Crippen LogP contribution is -2.41. The van der Waals surface area contributed by atoms with Gasteiger partial charge in [-0.1, -0.05) is 121 Å². The van der Waals surface area contributed by atoms with E-state index in [9.17, 15) is 33.9 Å². The van der Waals surface area contributed by atoms with Gasteiger partial charge in [-0.2, -0.15) is 0 Å². The van der Waals surface area contributed by atoms with Crippen molar-refractivity contribution in [2.24, 2.45) is 0 Å². The van der Waals surface area contributed by atoms with Crippen molar-refractivity contribution in [2.45, 2.75) is 154 Å². The van der Waals surface area contributed by atoms with Crippen LogP contribution in [-0.4, -0.2) is 118 Å². The van der Waals surface area contributed by atoms with Crippen molar-refractivity contribution in [3.8, 4) is 0 Å². The molecule has 0 saturated heterocycles. The summed E-state index contributed by atoms with van der Waals surface area (Å²) in [6.45, 7) is 4.25. The first kappa shape index (κ1) is 55.9. The Bertz CT molecular complexity index is 1350. The van der Waals surface area contributed by atoms with E-state index in [1.807, 2.05) is 24.3 Å². The molecule has 0 aliphatic carbocycles. The lowest BCUT2D eigenvalue weighted by molar-refractivity contribution is -0.142. The molecular formula is C46H78N4O12. The molecule has 1 rings (SSSR count). The quantitative estimate of drug-likeness (QED) is 0.0440. The fraction of sp³-hybridized carbons (Fsp3) is 0.739. The van der Waals surface area contributed by atoms with Crippen molar-refractivity contribution in [3.63, 3.8) is 0 Å². The molecule has 0 fully saturated rings. The van der Waals surface area contributed by atoms with Gasteiger partial charge in [0.25, 0.3) is 0 Å². The molecule has 1 aromatic carbocycles. The van der Waals surface area contributed by atoms with Crippen molar-refractivity contribution in [2.75, 3.05) is 65.9 Å². The number of nitrogens with one attached hydrogen (secondary N) is 4. The van der Waals surface area contributed by atoms with Gasteiger partial charge in [0.05, 0.1) is 39.6 Å². The largest absolute Gasteiger partial charge is 0.481 e. The number of rotatable bonds is 43. The number of hydrogen-bond donors (Lipinski definition) is 6. The third-order valence-electron chi connectivity index (χ3n) is 10.1. The van der Waals surface area contributed by atoms with Crippen molar-refractivity contribution in [1.82, 2.24) is 21.3 Å². The summed E-state index contributed by atoms with van der Waals surface area (Å²) in [4.78, 5) is 70.6. The van der Waals surface area contributed by atoms with Gasteiger partial charge >= 0.3 is 11.9 Å². The fourth-order valence-corrected chi connectivity index (χ4v) is 6.41. The first-order valence-corrected chi connectivity index (χ1v) is 23.0. The van der Waals surface area contributed by atoms with Gasteiger partial charge in [0.1, 0.15) is 19.3 Å². The van der Waals surface area contributed by atoms with Crippen LogP contribution < -0.4 is 21.3 Å². The van der Waals surface area contributed by atoms with Gasteiger partial charge < -0.3 is 50.4 Å². The standard InChI is InChI=1S/C46H78N4O12/c1-2-38-21-23-39(24-22-38)35-49-44(54)37-62-34-32-60-30-28-48-43(53)36-61-33-31-59-29-27-47-41(51)26-25-40(46(57)58)50-42(52)19-17-15-13-11-9-7-5-3-4-6-8-10-12-14-16-18-20-45(55)56/h21-24,40H,2-20,25-37H2,1H3,(H,47,51)(H,48,53)(H,49,54)(H,50,52)(H,55,56)(H,57,58)/t40-/m0/s1. The molecule has 16 heteroatoms. The second kappa shape index (κ2) is 39.7. The van der Waals surface area contributed by atoms with E-state index >= 15 is 0 Å². The van der Waals surface area contributed by atoms with Crippen LogP contribution in [-0.2, 0) is 60.7 Å². The molecule has 0 radical (unpaired) electrons. The van der Waals surface area contributed by atoms with Crippen LogP contribution in [0, 0.1) is 0 Å². The minimum absolute atomic E-state index is 0.0176. The Hall–Kier alpha value is -4.12. The number of ether oxygens (including phenoxy) is 4. The summed E-state index contributed by atoms with van der Waals surface area (Å²) < 4.78 is 21.4. The minimum Gasteiger partial charge on any atom is -0.481 e. The molecule has 0 unspecified atom stereocenters. The number of benzene rings is 1. The van der Waals surface area contributed by atoms with Crippen LogP contribution in [0.5, 0.6) is 0 Å². The summed E-state index contributed by atoms with van der Waals surface area (Å²) in [5.74, 6) is -3.05. The Labute approximate surface area is 369 Å². The van der Waals surface area contributed by atoms with Gasteiger partial charge in [0, 0.05) is 38.9 Å². The van der Waals surface area contributed by atoms with Crippen LogP contribution in [0.25, 0.3) is 0 Å². The number of carboxylic acid groups (broad SMARTS) is 2. The third-order valence-corrected chi connectivity index (χ3v) is 10.1. The molecule has 0 bridgehead atoms. The van der Waals surface area contributed by atoms with Crippen LogP contribution in [0.3, 0.4) is 0 Å². The summed E-state index contributed by atoms with van der Waals surface area (Å²) >= 11 is 0. The molecular weight excluding hydrogens is 801 g/mol. The summed E-state index contributed by atoms with van der Waals surface area (Å²) in [7, 11) is 0. The first-order valence-electron chi connectivity index (χ1n) is 23.0. The van der Waals surface area contributed by atoms with Crippen LogP contribution in [0.1, 0.15) is 146 Å². The number of carboxylic acids is 2. The molecule has 1 atom stereocenters. The predicted molar refractivity (Wildman–Crippen MR) is 237 cm³/mol. The van der Waals surface area contributed by atoms with Gasteiger partial charge in [-0.15, -0.1) is 0 Å². The Morgan fingerprint density at radius 3 is 1.37 bits per heavy atom. The van der Waals surface area contributed by atoms with E-state index in [-0.39, 0.29) is 109 Å². The Morgan fingerprint density at radius 2 is 0.903 bits per heavy atom. The second-order valence-corrected chi connectivity index (χ2v) is 15.5. The smallest absolute Gasteiger partial charge is 0.326 e. The predicted octanol–water partition coefficient (Wildman–Crippen LogP) is 5.62. The molecule has 0 aromatic heterocycles. The second-order valence-electron chi connectivity index (χ2n) is 15.5. The van der Waals surface area contributed by atoms with E-state index in [2.05, 4.69) is 28.2 Å². The zero-order valence-electron chi connectivity index (χ0n) is 37.5. The Morgan fingerprint density at radius 1 is 0.484 bits per heavy atom. The third kappa shape index (κ3) is 35.5. The zero-order chi connectivity index (χ0) is 45.3. The lowest BCUT2D eigenvalue weighted by atomic mass is 10.0. The maximum atomic E-state index is 12.3. The SMILES string of the molecule is CCc1ccc(CNC(=O)COCCOCCNC(=O)COCCOCCNC(=O)CC[C@H](NC(=O)CCCCCCCCCCCCCCCCCCC(=O)O)C(=O)O)cc1. The van der Waals surface area contributed by atoms with Crippen molar-refractivity contribution < 1.29 is 57.9 Å². The highest BCUT2D eigenvalue weighted by molar-refractivity contribution is 5.84. The Kier molecular flexibility index (Phi) is 35.8. The molecule has 62 heavy (non-hydrogen) atoms. The molecule has 0 saturated carbocycles. The molecule has 16 nitrogen and oxygen atoms in total. The molecule has 4 amide bonds. The number of carbonyl (C=O) groups excluding carboxylic acids is 4. The van der Waals surface area contributed by atoms with E-state index < -0.39 is 18.0 Å². The van der Waals surface area contributed by atoms with E-state index in [0.29, 0.717) is 19.5 Å². The molecule has 0 spiro atoms. The van der Waals surface area contributed by atoms with Gasteiger partial charge in [-0.25, -0.2) is 4.79 Å². The highest BCUT2D eigenvalue weighted by Gasteiger charge is 2.20. The van der Waals surface area contributed by atoms with E-state index in [1.165, 1.54) is 63.4 Å². The molecule has 6 N–H and O–H groups in total. The van der Waals surface area contributed by atoms with E-state index in [0.717, 1.165) is 50.5 Å². The van der Waals surface area contributed by atoms with Gasteiger partial charge in [0.15, 0.2) is 0 Å². The minimum atomic E-state index is -1.17. The number of aliphatic carboxylic acids is 2. The number of carbonyl (C=O) groups is 6. The number of unbranched alkanes of at least 4 members (excludes halogenated alkanes) is 15. The maximum Gasteiger partial charge on any atom is 0.326 e. The van der Waals surface area contributed by atoms with Gasteiger partial charge in [-0.05, 0) is 36.8 Å². The molecule has 1 aromatic rings. The topological polar surface area (TPSA) is 228 Å². The average molecular weight is 879 g/mol. The molecule has 354 valence electrons. The van der Waals surface area contributed by atoms with Gasteiger partial charge in [-0.3, -0.25) is 24.0 Å². The number of hydrogen-bond acceptors (Lipinski definition) is 10. The average Bonchev–Trinajstić information content (AvgIpc) is 3.25. The lowest BCUT2D eigenvalue weighted by Gasteiger charge is -2.14. The van der Waals surface area contributed by atoms with Crippen LogP contribution in [0.4, 0.5) is 0 Å². The molecule has 0 aliphatic heterocycles. The van der Waals surface area contributed by atoms with Crippen LogP contribution >= 0.6 is 0 Å². The molecule has 0 heterocycles. The number of amides is 4. The van der Waals surface area contributed by atoms with E-state index in [1.54, 1.807) is 0 Å². The summed E-state index contributed by atoms with van der Waals surface area (Å²) in [5.41, 5.74) is 2.27. The summed E-state index contributed by atoms with van der Waals surface area (Å²) in [5, 5.41) is 28.9.